The van der Waals surface area contributed by atoms with E-state index in [2.05, 4.69) is 28.7 Å². The van der Waals surface area contributed by atoms with Gasteiger partial charge < -0.3 is 4.74 Å². The number of aryl methyl sites for hydroxylation is 1. The van der Waals surface area contributed by atoms with Gasteiger partial charge in [0.05, 0.1) is 23.4 Å². The van der Waals surface area contributed by atoms with Crippen molar-refractivity contribution in [2.24, 2.45) is 0 Å². The number of nitrogens with zero attached hydrogens (tertiary/aromatic N) is 2. The summed E-state index contributed by atoms with van der Waals surface area (Å²) < 4.78 is 7.30. The SMILES string of the molecule is COc1ccc(/C=C\C(=O)c2sc3nc(-c4ccccc4)c(-c4ccccc4)n3c2C)cc1. The summed E-state index contributed by atoms with van der Waals surface area (Å²) in [6, 6.07) is 28.0. The second kappa shape index (κ2) is 8.88. The van der Waals surface area contributed by atoms with Crippen molar-refractivity contribution >= 4 is 28.2 Å². The van der Waals surface area contributed by atoms with Crippen LogP contribution in [-0.4, -0.2) is 22.3 Å². The molecule has 0 amide bonds. The molecule has 0 spiro atoms. The molecule has 3 aromatic carbocycles. The molecule has 0 saturated carbocycles. The molecule has 0 radical (unpaired) electrons. The molecule has 2 aromatic heterocycles. The van der Waals surface area contributed by atoms with Gasteiger partial charge in [-0.25, -0.2) is 4.98 Å². The number of imidazole rings is 1. The fourth-order valence-electron chi connectivity index (χ4n) is 3.90. The van der Waals surface area contributed by atoms with Crippen LogP contribution >= 0.6 is 11.3 Å². The highest BCUT2D eigenvalue weighted by Crippen LogP contribution is 2.37. The molecule has 0 unspecified atom stereocenters. The molecule has 162 valence electrons. The Balaban J connectivity index is 1.58. The molecule has 0 N–H and O–H groups in total. The van der Waals surface area contributed by atoms with E-state index in [1.807, 2.05) is 73.7 Å². The van der Waals surface area contributed by atoms with Crippen LogP contribution in [0.5, 0.6) is 5.75 Å². The largest absolute Gasteiger partial charge is 0.497 e. The molecule has 0 atom stereocenters. The van der Waals surface area contributed by atoms with Gasteiger partial charge in [0.15, 0.2) is 10.7 Å². The van der Waals surface area contributed by atoms with Crippen molar-refractivity contribution in [2.75, 3.05) is 7.11 Å². The predicted octanol–water partition coefficient (Wildman–Crippen LogP) is 6.94. The van der Waals surface area contributed by atoms with Crippen LogP contribution in [0.1, 0.15) is 20.9 Å². The molecular weight excluding hydrogens is 428 g/mol. The number of thiazole rings is 1. The van der Waals surface area contributed by atoms with E-state index in [4.69, 9.17) is 9.72 Å². The van der Waals surface area contributed by atoms with Crippen LogP contribution in [0.4, 0.5) is 0 Å². The average molecular weight is 451 g/mol. The minimum Gasteiger partial charge on any atom is -0.497 e. The van der Waals surface area contributed by atoms with E-state index in [0.717, 1.165) is 44.5 Å². The number of hydrogen-bond acceptors (Lipinski definition) is 4. The number of ketones is 1. The number of ether oxygens (including phenoxy) is 1. The van der Waals surface area contributed by atoms with Gasteiger partial charge >= 0.3 is 0 Å². The quantitative estimate of drug-likeness (QED) is 0.208. The normalized spacial score (nSPS) is 11.3. The monoisotopic (exact) mass is 450 g/mol. The summed E-state index contributed by atoms with van der Waals surface area (Å²) in [6.45, 7) is 1.99. The molecular formula is C28H22N2O2S. The lowest BCUT2D eigenvalue weighted by molar-refractivity contribution is 0.105. The van der Waals surface area contributed by atoms with Crippen LogP contribution in [0, 0.1) is 6.92 Å². The summed E-state index contributed by atoms with van der Waals surface area (Å²) in [5, 5.41) is 0. The topological polar surface area (TPSA) is 43.6 Å². The van der Waals surface area contributed by atoms with Gasteiger partial charge in [-0.15, -0.1) is 0 Å². The Kier molecular flexibility index (Phi) is 5.63. The first-order valence-electron chi connectivity index (χ1n) is 10.6. The minimum absolute atomic E-state index is 0.0286. The number of carbonyl (C=O) groups is 1. The minimum atomic E-state index is -0.0286. The number of rotatable bonds is 6. The number of benzene rings is 3. The van der Waals surface area contributed by atoms with E-state index >= 15 is 0 Å². The first-order chi connectivity index (χ1) is 16.2. The molecule has 0 aliphatic carbocycles. The van der Waals surface area contributed by atoms with Gasteiger partial charge in [-0.3, -0.25) is 9.20 Å². The molecule has 5 aromatic rings. The van der Waals surface area contributed by atoms with Crippen molar-refractivity contribution in [1.82, 2.24) is 9.38 Å². The zero-order chi connectivity index (χ0) is 22.8. The van der Waals surface area contributed by atoms with Crippen LogP contribution in [0.2, 0.25) is 0 Å². The lowest BCUT2D eigenvalue weighted by Gasteiger charge is -2.07. The summed E-state index contributed by atoms with van der Waals surface area (Å²) >= 11 is 1.43. The number of hydrogen-bond donors (Lipinski definition) is 0. The second-order valence-corrected chi connectivity index (χ2v) is 8.62. The van der Waals surface area contributed by atoms with Crippen molar-refractivity contribution < 1.29 is 9.53 Å². The van der Waals surface area contributed by atoms with Crippen molar-refractivity contribution in [3.63, 3.8) is 0 Å². The first kappa shape index (κ1) is 20.9. The van der Waals surface area contributed by atoms with Gasteiger partial charge in [0.1, 0.15) is 5.75 Å². The van der Waals surface area contributed by atoms with Crippen molar-refractivity contribution in [3.05, 3.63) is 107 Å². The Morgan fingerprint density at radius 1 is 0.909 bits per heavy atom. The Morgan fingerprint density at radius 3 is 2.18 bits per heavy atom. The zero-order valence-electron chi connectivity index (χ0n) is 18.4. The predicted molar refractivity (Wildman–Crippen MR) is 135 cm³/mol. The molecule has 2 heterocycles. The maximum absolute atomic E-state index is 13.1. The van der Waals surface area contributed by atoms with E-state index in [-0.39, 0.29) is 5.78 Å². The van der Waals surface area contributed by atoms with Crippen LogP contribution < -0.4 is 4.74 Å². The summed E-state index contributed by atoms with van der Waals surface area (Å²) in [4.78, 5) is 19.5. The summed E-state index contributed by atoms with van der Waals surface area (Å²) in [7, 11) is 1.64. The molecule has 4 nitrogen and oxygen atoms in total. The fraction of sp³-hybridized carbons (Fsp3) is 0.0714. The van der Waals surface area contributed by atoms with E-state index in [9.17, 15) is 4.79 Å². The highest BCUT2D eigenvalue weighted by Gasteiger charge is 2.22. The van der Waals surface area contributed by atoms with E-state index < -0.39 is 0 Å². The molecule has 0 bridgehead atoms. The van der Waals surface area contributed by atoms with Gasteiger partial charge in [-0.1, -0.05) is 90.2 Å². The van der Waals surface area contributed by atoms with E-state index in [1.54, 1.807) is 13.2 Å². The standard InChI is InChI=1S/C28H22N2O2S/c1-19-27(24(31)18-15-20-13-16-23(32-2)17-14-20)33-28-29-25(21-9-5-3-6-10-21)26(30(19)28)22-11-7-4-8-12-22/h3-18H,1-2H3/b18-15-. The van der Waals surface area contributed by atoms with Gasteiger partial charge in [-0.2, -0.15) is 0 Å². The lowest BCUT2D eigenvalue weighted by atomic mass is 10.0. The maximum atomic E-state index is 13.1. The Bertz CT molecular complexity index is 1450. The van der Waals surface area contributed by atoms with E-state index in [1.165, 1.54) is 11.3 Å². The molecule has 33 heavy (non-hydrogen) atoms. The Hall–Kier alpha value is -3.96. The zero-order valence-corrected chi connectivity index (χ0v) is 19.2. The number of fused-ring (bicyclic) bond motifs is 1. The van der Waals surface area contributed by atoms with Crippen LogP contribution in [0.3, 0.4) is 0 Å². The smallest absolute Gasteiger partial charge is 0.197 e. The van der Waals surface area contributed by atoms with Crippen LogP contribution in [0.25, 0.3) is 33.6 Å². The van der Waals surface area contributed by atoms with Gasteiger partial charge in [0, 0.05) is 16.8 Å². The van der Waals surface area contributed by atoms with E-state index in [0.29, 0.717) is 4.88 Å². The summed E-state index contributed by atoms with van der Waals surface area (Å²) in [5.74, 6) is 0.760. The molecule has 0 aliphatic rings. The molecule has 5 rings (SSSR count). The molecule has 5 heteroatoms. The number of carbonyl (C=O) groups excluding carboxylic acids is 1. The molecule has 0 fully saturated rings. The summed E-state index contributed by atoms with van der Waals surface area (Å²) in [5.41, 5.74) is 5.89. The lowest BCUT2D eigenvalue weighted by Crippen LogP contribution is -1.97. The maximum Gasteiger partial charge on any atom is 0.197 e. The second-order valence-electron chi connectivity index (χ2n) is 7.65. The Morgan fingerprint density at radius 2 is 1.55 bits per heavy atom. The molecule has 0 saturated heterocycles. The van der Waals surface area contributed by atoms with Crippen LogP contribution in [-0.2, 0) is 0 Å². The van der Waals surface area contributed by atoms with Crippen molar-refractivity contribution in [2.45, 2.75) is 6.92 Å². The summed E-state index contributed by atoms with van der Waals surface area (Å²) in [6.07, 6.45) is 3.46. The Labute approximate surface area is 196 Å². The van der Waals surface area contributed by atoms with Gasteiger partial charge in [-0.05, 0) is 30.7 Å². The third-order valence-corrected chi connectivity index (χ3v) is 6.72. The van der Waals surface area contributed by atoms with Crippen LogP contribution in [0.15, 0.2) is 91.0 Å². The van der Waals surface area contributed by atoms with Gasteiger partial charge in [0.25, 0.3) is 0 Å². The molecule has 0 aliphatic heterocycles. The van der Waals surface area contributed by atoms with Gasteiger partial charge in [0.2, 0.25) is 0 Å². The highest BCUT2D eigenvalue weighted by atomic mass is 32.1. The highest BCUT2D eigenvalue weighted by molar-refractivity contribution is 7.19. The first-order valence-corrected chi connectivity index (χ1v) is 11.5. The number of aromatic nitrogens is 2. The van der Waals surface area contributed by atoms with Crippen molar-refractivity contribution in [3.8, 4) is 28.3 Å². The third kappa shape index (κ3) is 3.99. The number of allylic oxidation sites excluding steroid dienone is 1. The third-order valence-electron chi connectivity index (χ3n) is 5.57. The fourth-order valence-corrected chi connectivity index (χ4v) is 4.94. The van der Waals surface area contributed by atoms with Crippen molar-refractivity contribution in [1.29, 1.82) is 0 Å². The number of methoxy groups -OCH3 is 1. The average Bonchev–Trinajstić information content (AvgIpc) is 3.40.